The Morgan fingerprint density at radius 3 is 2.20 bits per heavy atom. The molecule has 5 aliphatic heterocycles. The van der Waals surface area contributed by atoms with E-state index < -0.39 is 6.29 Å². The summed E-state index contributed by atoms with van der Waals surface area (Å²) < 4.78 is 47.5. The van der Waals surface area contributed by atoms with Gasteiger partial charge in [-0.25, -0.2) is 0 Å². The van der Waals surface area contributed by atoms with Crippen LogP contribution in [0.1, 0.15) is 91.8 Å². The Morgan fingerprint density at radius 2 is 1.51 bits per heavy atom. The zero-order valence-electron chi connectivity index (χ0n) is 35.4. The summed E-state index contributed by atoms with van der Waals surface area (Å²) in [7, 11) is 6.72. The van der Waals surface area contributed by atoms with Crippen molar-refractivity contribution in [2.45, 2.75) is 83.1 Å². The van der Waals surface area contributed by atoms with Gasteiger partial charge in [-0.05, 0) is 128 Å². The normalized spacial score (nSPS) is 25.8. The second kappa shape index (κ2) is 17.9. The van der Waals surface area contributed by atoms with Crippen molar-refractivity contribution >= 4 is 5.91 Å². The molecule has 1 N–H and O–H groups in total. The molecule has 1 saturated heterocycles. The molecule has 0 unspecified atom stereocenters. The highest BCUT2D eigenvalue weighted by Crippen LogP contribution is 2.50. The van der Waals surface area contributed by atoms with Crippen molar-refractivity contribution < 1.29 is 47.8 Å². The molecule has 5 aliphatic rings. The number of benzene rings is 3. The fourth-order valence-electron chi connectivity index (χ4n) is 10.5. The van der Waals surface area contributed by atoms with Crippen LogP contribution in [0.2, 0.25) is 0 Å². The maximum absolute atomic E-state index is 15.3. The van der Waals surface area contributed by atoms with E-state index in [0.717, 1.165) is 67.0 Å². The van der Waals surface area contributed by atoms with Crippen molar-refractivity contribution in [2.24, 2.45) is 17.8 Å². The van der Waals surface area contributed by atoms with E-state index in [2.05, 4.69) is 36.1 Å². The first-order valence-electron chi connectivity index (χ1n) is 21.4. The van der Waals surface area contributed by atoms with Crippen LogP contribution in [0.4, 0.5) is 0 Å². The number of hydrogen-bond acceptors (Lipinski definition) is 11. The molecule has 0 radical (unpaired) electrons. The summed E-state index contributed by atoms with van der Waals surface area (Å²) >= 11 is 0. The third-order valence-electron chi connectivity index (χ3n) is 13.5. The minimum atomic E-state index is -0.679. The summed E-state index contributed by atoms with van der Waals surface area (Å²) in [5, 5.41) is 9.89. The molecule has 0 spiro atoms. The quantitative estimate of drug-likeness (QED) is 0.176. The number of aliphatic hydroxyl groups excluding tert-OH is 1. The van der Waals surface area contributed by atoms with Gasteiger partial charge < -0.3 is 47.9 Å². The summed E-state index contributed by atoms with van der Waals surface area (Å²) in [6.07, 6.45) is 6.96. The summed E-state index contributed by atoms with van der Waals surface area (Å²) in [4.78, 5) is 20.0. The first kappa shape index (κ1) is 41.1. The van der Waals surface area contributed by atoms with Crippen molar-refractivity contribution in [2.75, 3.05) is 68.1 Å². The molecule has 59 heavy (non-hydrogen) atoms. The second-order valence-electron chi connectivity index (χ2n) is 16.4. The standard InChI is InChI=1S/C47H60N2O10/c1-7-28-26-48-15-13-30-20-40(52-3)42(54-5)24-35(30)37(48)18-32(28)19-38-36-25-43(55-6)41(53-4)21-31(36)14-16-49(38)46(51)45-23-34(29-11-12-39-44(22-29)58-27-57-39)33(10-9-17-50)47(59-45)56-8-2/h11-12,20-25,28,32-34,37-38,47,50H,7-10,13-19,26-27H2,1-6H3/t28-,32+,33+,34+,37-,38+,47+/m0/s1. The first-order valence-corrected chi connectivity index (χ1v) is 21.4. The van der Waals surface area contributed by atoms with E-state index >= 15 is 4.79 Å². The Bertz CT molecular complexity index is 2020. The maximum atomic E-state index is 15.3. The van der Waals surface area contributed by atoms with E-state index in [1.54, 1.807) is 28.4 Å². The number of rotatable bonds is 14. The van der Waals surface area contributed by atoms with Crippen LogP contribution in [-0.4, -0.2) is 95.2 Å². The third-order valence-corrected chi connectivity index (χ3v) is 13.5. The summed E-state index contributed by atoms with van der Waals surface area (Å²) in [5.74, 6) is 4.76. The number of carbonyl (C=O) groups is 1. The van der Waals surface area contributed by atoms with Crippen LogP contribution in [0.5, 0.6) is 34.5 Å². The molecular formula is C47H60N2O10. The molecule has 3 aromatic rings. The monoisotopic (exact) mass is 812 g/mol. The van der Waals surface area contributed by atoms with Gasteiger partial charge in [-0.15, -0.1) is 0 Å². The first-order chi connectivity index (χ1) is 28.8. The zero-order chi connectivity index (χ0) is 41.2. The summed E-state index contributed by atoms with van der Waals surface area (Å²) in [6, 6.07) is 14.5. The third kappa shape index (κ3) is 7.91. The minimum Gasteiger partial charge on any atom is -0.493 e. The molecule has 0 aromatic heterocycles. The van der Waals surface area contributed by atoms with Crippen molar-refractivity contribution in [3.05, 3.63) is 82.1 Å². The average Bonchev–Trinajstić information content (AvgIpc) is 3.75. The number of allylic oxidation sites excluding steroid dienone is 1. The van der Waals surface area contributed by atoms with Gasteiger partial charge in [-0.2, -0.15) is 0 Å². The van der Waals surface area contributed by atoms with Gasteiger partial charge in [0.1, 0.15) is 0 Å². The molecule has 12 heteroatoms. The van der Waals surface area contributed by atoms with Crippen LogP contribution in [0.15, 0.2) is 54.3 Å². The lowest BCUT2D eigenvalue weighted by atomic mass is 9.72. The highest BCUT2D eigenvalue weighted by molar-refractivity contribution is 5.92. The number of methoxy groups -OCH3 is 4. The van der Waals surface area contributed by atoms with Crippen LogP contribution in [0, 0.1) is 17.8 Å². The largest absolute Gasteiger partial charge is 0.493 e. The zero-order valence-corrected chi connectivity index (χ0v) is 35.4. The van der Waals surface area contributed by atoms with Crippen molar-refractivity contribution in [1.29, 1.82) is 0 Å². The summed E-state index contributed by atoms with van der Waals surface area (Å²) in [6.45, 7) is 7.39. The number of amides is 1. The Morgan fingerprint density at radius 1 is 0.831 bits per heavy atom. The van der Waals surface area contributed by atoms with Gasteiger partial charge in [0.15, 0.2) is 40.3 Å². The van der Waals surface area contributed by atoms with Gasteiger partial charge >= 0.3 is 0 Å². The minimum absolute atomic E-state index is 0.0493. The Labute approximate surface area is 348 Å². The molecule has 12 nitrogen and oxygen atoms in total. The number of ether oxygens (including phenoxy) is 8. The lowest BCUT2D eigenvalue weighted by Crippen LogP contribution is -2.48. The number of aliphatic hydroxyl groups is 1. The van der Waals surface area contributed by atoms with Gasteiger partial charge in [0.25, 0.3) is 5.91 Å². The number of fused-ring (bicyclic) bond motifs is 5. The van der Waals surface area contributed by atoms with Gasteiger partial charge in [-0.3, -0.25) is 9.69 Å². The molecule has 1 amide bonds. The maximum Gasteiger partial charge on any atom is 0.289 e. The molecule has 318 valence electrons. The van der Waals surface area contributed by atoms with Gasteiger partial charge in [0, 0.05) is 50.7 Å². The van der Waals surface area contributed by atoms with Gasteiger partial charge in [0.05, 0.1) is 34.5 Å². The van der Waals surface area contributed by atoms with E-state index in [1.165, 1.54) is 11.1 Å². The smallest absolute Gasteiger partial charge is 0.289 e. The molecule has 0 saturated carbocycles. The van der Waals surface area contributed by atoms with Crippen LogP contribution in [-0.2, 0) is 27.1 Å². The Kier molecular flexibility index (Phi) is 12.5. The van der Waals surface area contributed by atoms with E-state index in [4.69, 9.17) is 37.9 Å². The molecule has 8 rings (SSSR count). The topological polar surface area (TPSA) is 118 Å². The lowest BCUT2D eigenvalue weighted by molar-refractivity contribution is -0.171. The number of nitrogens with zero attached hydrogens (tertiary/aromatic N) is 2. The van der Waals surface area contributed by atoms with Crippen LogP contribution in [0.25, 0.3) is 0 Å². The Balaban J connectivity index is 1.17. The second-order valence-corrected chi connectivity index (χ2v) is 16.4. The van der Waals surface area contributed by atoms with Crippen LogP contribution >= 0.6 is 0 Å². The van der Waals surface area contributed by atoms with Crippen molar-refractivity contribution in [1.82, 2.24) is 9.80 Å². The highest BCUT2D eigenvalue weighted by atomic mass is 16.7. The molecule has 0 aliphatic carbocycles. The number of hydrogen-bond donors (Lipinski definition) is 1. The predicted molar refractivity (Wildman–Crippen MR) is 221 cm³/mol. The molecule has 5 heterocycles. The molecule has 0 bridgehead atoms. The van der Waals surface area contributed by atoms with E-state index in [1.807, 2.05) is 36.1 Å². The fraction of sp³-hybridized carbons (Fsp3) is 0.553. The fourth-order valence-corrected chi connectivity index (χ4v) is 10.5. The predicted octanol–water partition coefficient (Wildman–Crippen LogP) is 7.36. The van der Waals surface area contributed by atoms with Crippen molar-refractivity contribution in [3.8, 4) is 34.5 Å². The molecule has 3 aromatic carbocycles. The molecular weight excluding hydrogens is 753 g/mol. The van der Waals surface area contributed by atoms with Gasteiger partial charge in [0.2, 0.25) is 13.1 Å². The molecule has 7 atom stereocenters. The number of piperidine rings is 1. The number of carbonyl (C=O) groups excluding carboxylic acids is 1. The SMILES string of the molecule is CCO[C@@H]1OC(C(=O)N2CCc3cc(OC)c(OC)cc3[C@H]2C[C@H]2C[C@H]3c4cc(OC)c(OC)cc4CCN3C[C@@H]2CC)=C[C@H](c2ccc3c(c2)OCO3)[C@H]1CCCO. The molecule has 1 fully saturated rings. The van der Waals surface area contributed by atoms with Crippen molar-refractivity contribution in [3.63, 3.8) is 0 Å². The van der Waals surface area contributed by atoms with E-state index in [0.29, 0.717) is 67.2 Å². The Hall–Kier alpha value is -4.65. The van der Waals surface area contributed by atoms with E-state index in [9.17, 15) is 5.11 Å². The van der Waals surface area contributed by atoms with Crippen LogP contribution < -0.4 is 28.4 Å². The lowest BCUT2D eigenvalue weighted by Gasteiger charge is -2.49. The highest BCUT2D eigenvalue weighted by Gasteiger charge is 2.45. The van der Waals surface area contributed by atoms with Gasteiger partial charge in [-0.1, -0.05) is 19.4 Å². The summed E-state index contributed by atoms with van der Waals surface area (Å²) in [5.41, 5.74) is 5.85. The van der Waals surface area contributed by atoms with E-state index in [-0.39, 0.29) is 49.0 Å². The average molecular weight is 813 g/mol. The van der Waals surface area contributed by atoms with Crippen LogP contribution in [0.3, 0.4) is 0 Å².